The van der Waals surface area contributed by atoms with Crippen LogP contribution in [0.1, 0.15) is 23.5 Å². The Morgan fingerprint density at radius 3 is 2.50 bits per heavy atom. The summed E-state index contributed by atoms with van der Waals surface area (Å²) < 4.78 is 12.8. The first kappa shape index (κ1) is 12.9. The van der Waals surface area contributed by atoms with Crippen LogP contribution in [0.5, 0.6) is 0 Å². The molecular formula is C17H16FNO. The van der Waals surface area contributed by atoms with E-state index in [0.29, 0.717) is 12.5 Å². The Morgan fingerprint density at radius 2 is 1.80 bits per heavy atom. The molecule has 0 heterocycles. The SMILES string of the molecule is O=C(NCc1ccc(F)cc1)[C@@H]1C[C@H]1c1ccccc1. The van der Waals surface area contributed by atoms with Crippen molar-refractivity contribution in [2.75, 3.05) is 0 Å². The second-order valence-corrected chi connectivity index (χ2v) is 5.20. The van der Waals surface area contributed by atoms with Gasteiger partial charge in [0, 0.05) is 12.5 Å². The van der Waals surface area contributed by atoms with Crippen molar-refractivity contribution in [3.8, 4) is 0 Å². The summed E-state index contributed by atoms with van der Waals surface area (Å²) in [4.78, 5) is 12.0. The maximum Gasteiger partial charge on any atom is 0.224 e. The Morgan fingerprint density at radius 1 is 1.10 bits per heavy atom. The molecule has 3 rings (SSSR count). The lowest BCUT2D eigenvalue weighted by Gasteiger charge is -2.05. The predicted molar refractivity (Wildman–Crippen MR) is 75.5 cm³/mol. The molecule has 1 fully saturated rings. The standard InChI is InChI=1S/C17H16FNO/c18-14-8-6-12(7-9-14)11-19-17(20)16-10-15(16)13-4-2-1-3-5-13/h1-9,15-16H,10-11H2,(H,19,20)/t15-,16+/m0/s1. The van der Waals surface area contributed by atoms with Gasteiger partial charge in [0.15, 0.2) is 0 Å². The monoisotopic (exact) mass is 269 g/mol. The van der Waals surface area contributed by atoms with Gasteiger partial charge in [0.05, 0.1) is 0 Å². The molecule has 3 heteroatoms. The van der Waals surface area contributed by atoms with E-state index in [-0.39, 0.29) is 17.6 Å². The number of amides is 1. The number of carbonyl (C=O) groups is 1. The molecule has 2 nitrogen and oxygen atoms in total. The third-order valence-corrected chi connectivity index (χ3v) is 3.73. The molecule has 2 aromatic rings. The van der Waals surface area contributed by atoms with Gasteiger partial charge < -0.3 is 5.32 Å². The fourth-order valence-electron chi connectivity index (χ4n) is 2.48. The highest BCUT2D eigenvalue weighted by molar-refractivity contribution is 5.82. The highest BCUT2D eigenvalue weighted by Gasteiger charge is 2.43. The zero-order chi connectivity index (χ0) is 13.9. The number of nitrogens with one attached hydrogen (secondary N) is 1. The van der Waals surface area contributed by atoms with Crippen LogP contribution in [0.2, 0.25) is 0 Å². The van der Waals surface area contributed by atoms with Crippen molar-refractivity contribution in [2.45, 2.75) is 18.9 Å². The third kappa shape index (κ3) is 2.87. The average Bonchev–Trinajstić information content (AvgIpc) is 3.28. The van der Waals surface area contributed by atoms with Crippen LogP contribution in [0.15, 0.2) is 54.6 Å². The minimum absolute atomic E-state index is 0.0813. The first-order valence-corrected chi connectivity index (χ1v) is 6.81. The number of benzene rings is 2. The molecule has 0 unspecified atom stereocenters. The second-order valence-electron chi connectivity index (χ2n) is 5.20. The summed E-state index contributed by atoms with van der Waals surface area (Å²) in [6, 6.07) is 16.3. The van der Waals surface area contributed by atoms with Crippen molar-refractivity contribution in [2.24, 2.45) is 5.92 Å². The van der Waals surface area contributed by atoms with Crippen LogP contribution in [0.25, 0.3) is 0 Å². The highest BCUT2D eigenvalue weighted by Crippen LogP contribution is 2.47. The maximum absolute atomic E-state index is 12.8. The molecule has 0 saturated heterocycles. The summed E-state index contributed by atoms with van der Waals surface area (Å²) in [5.41, 5.74) is 2.14. The van der Waals surface area contributed by atoms with E-state index in [9.17, 15) is 9.18 Å². The third-order valence-electron chi connectivity index (χ3n) is 3.73. The highest BCUT2D eigenvalue weighted by atomic mass is 19.1. The molecule has 20 heavy (non-hydrogen) atoms. The van der Waals surface area contributed by atoms with Crippen LogP contribution in [-0.2, 0) is 11.3 Å². The first-order chi connectivity index (χ1) is 9.74. The predicted octanol–water partition coefficient (Wildman–Crippen LogP) is 3.25. The maximum atomic E-state index is 12.8. The van der Waals surface area contributed by atoms with Gasteiger partial charge in [-0.1, -0.05) is 42.5 Å². The van der Waals surface area contributed by atoms with E-state index < -0.39 is 0 Å². The summed E-state index contributed by atoms with van der Waals surface area (Å²) in [5, 5.41) is 2.92. The lowest BCUT2D eigenvalue weighted by Crippen LogP contribution is -2.24. The largest absolute Gasteiger partial charge is 0.352 e. The summed E-state index contributed by atoms with van der Waals surface area (Å²) in [7, 11) is 0. The van der Waals surface area contributed by atoms with Crippen molar-refractivity contribution in [1.29, 1.82) is 0 Å². The van der Waals surface area contributed by atoms with Gasteiger partial charge in [-0.05, 0) is 35.6 Å². The molecule has 1 aliphatic rings. The molecular weight excluding hydrogens is 253 g/mol. The zero-order valence-electron chi connectivity index (χ0n) is 11.1. The Hall–Kier alpha value is -2.16. The van der Waals surface area contributed by atoms with Crippen molar-refractivity contribution in [3.05, 3.63) is 71.5 Å². The summed E-state index contributed by atoms with van der Waals surface area (Å²) in [6.45, 7) is 0.455. The molecule has 1 amide bonds. The number of rotatable bonds is 4. The molecule has 2 aromatic carbocycles. The molecule has 2 atom stereocenters. The Balaban J connectivity index is 1.53. The molecule has 0 aromatic heterocycles. The van der Waals surface area contributed by atoms with Gasteiger partial charge >= 0.3 is 0 Å². The molecule has 0 aliphatic heterocycles. The Bertz CT molecular complexity index is 594. The van der Waals surface area contributed by atoms with E-state index >= 15 is 0 Å². The van der Waals surface area contributed by atoms with Crippen molar-refractivity contribution in [1.82, 2.24) is 5.32 Å². The van der Waals surface area contributed by atoms with E-state index in [0.717, 1.165) is 12.0 Å². The molecule has 102 valence electrons. The number of hydrogen-bond acceptors (Lipinski definition) is 1. The molecule has 0 bridgehead atoms. The summed E-state index contributed by atoms with van der Waals surface area (Å²) >= 11 is 0. The smallest absolute Gasteiger partial charge is 0.224 e. The second kappa shape index (κ2) is 5.45. The molecule has 0 spiro atoms. The minimum atomic E-state index is -0.258. The van der Waals surface area contributed by atoms with Gasteiger partial charge in [0.2, 0.25) is 5.91 Å². The van der Waals surface area contributed by atoms with Crippen LogP contribution >= 0.6 is 0 Å². The molecule has 1 N–H and O–H groups in total. The van der Waals surface area contributed by atoms with Gasteiger partial charge in [0.25, 0.3) is 0 Å². The van der Waals surface area contributed by atoms with Crippen LogP contribution in [-0.4, -0.2) is 5.91 Å². The van der Waals surface area contributed by atoms with Crippen molar-refractivity contribution < 1.29 is 9.18 Å². The van der Waals surface area contributed by atoms with Gasteiger partial charge in [-0.3, -0.25) is 4.79 Å². The van der Waals surface area contributed by atoms with E-state index in [4.69, 9.17) is 0 Å². The first-order valence-electron chi connectivity index (χ1n) is 6.81. The minimum Gasteiger partial charge on any atom is -0.352 e. The van der Waals surface area contributed by atoms with Crippen LogP contribution in [0.4, 0.5) is 4.39 Å². The topological polar surface area (TPSA) is 29.1 Å². The van der Waals surface area contributed by atoms with Gasteiger partial charge in [0.1, 0.15) is 5.82 Å². The van der Waals surface area contributed by atoms with Gasteiger partial charge in [-0.15, -0.1) is 0 Å². The fourth-order valence-corrected chi connectivity index (χ4v) is 2.48. The van der Waals surface area contributed by atoms with Crippen molar-refractivity contribution >= 4 is 5.91 Å². The molecule has 1 saturated carbocycles. The lowest BCUT2D eigenvalue weighted by molar-refractivity contribution is -0.122. The van der Waals surface area contributed by atoms with E-state index in [1.54, 1.807) is 12.1 Å². The summed E-state index contributed by atoms with van der Waals surface area (Å²) in [6.07, 6.45) is 0.916. The Labute approximate surface area is 117 Å². The van der Waals surface area contributed by atoms with E-state index in [2.05, 4.69) is 17.4 Å². The van der Waals surface area contributed by atoms with E-state index in [1.165, 1.54) is 17.7 Å². The van der Waals surface area contributed by atoms with Crippen molar-refractivity contribution in [3.63, 3.8) is 0 Å². The zero-order valence-corrected chi connectivity index (χ0v) is 11.1. The number of carbonyl (C=O) groups excluding carboxylic acids is 1. The normalized spacial score (nSPS) is 20.4. The fraction of sp³-hybridized carbons (Fsp3) is 0.235. The Kier molecular flexibility index (Phi) is 3.50. The van der Waals surface area contributed by atoms with Gasteiger partial charge in [-0.25, -0.2) is 4.39 Å². The quantitative estimate of drug-likeness (QED) is 0.907. The molecule has 1 aliphatic carbocycles. The number of halogens is 1. The lowest BCUT2D eigenvalue weighted by atomic mass is 10.1. The average molecular weight is 269 g/mol. The summed E-state index contributed by atoms with van der Waals surface area (Å²) in [5.74, 6) is 0.261. The van der Waals surface area contributed by atoms with Crippen LogP contribution < -0.4 is 5.32 Å². The molecule has 0 radical (unpaired) electrons. The van der Waals surface area contributed by atoms with Gasteiger partial charge in [-0.2, -0.15) is 0 Å². The van der Waals surface area contributed by atoms with Crippen LogP contribution in [0, 0.1) is 11.7 Å². The number of hydrogen-bond donors (Lipinski definition) is 1. The van der Waals surface area contributed by atoms with E-state index in [1.807, 2.05) is 18.2 Å². The van der Waals surface area contributed by atoms with Crippen LogP contribution in [0.3, 0.4) is 0 Å².